The number of halogens is 1. The first-order valence-corrected chi connectivity index (χ1v) is 17.5. The maximum atomic E-state index is 11.6. The van der Waals surface area contributed by atoms with Crippen molar-refractivity contribution in [2.24, 2.45) is 0 Å². The van der Waals surface area contributed by atoms with Crippen LogP contribution in [0.15, 0.2) is 18.6 Å². The molecule has 2 aliphatic rings. The first kappa shape index (κ1) is 26.6. The number of aliphatic hydroxyl groups is 1. The number of aromatic nitrogens is 3. The molecule has 0 aromatic carbocycles. The second-order valence-electron chi connectivity index (χ2n) is 10.7. The number of thioether (sulfide) groups is 1. The molecule has 0 amide bonds. The van der Waals surface area contributed by atoms with Gasteiger partial charge in [0, 0.05) is 6.20 Å². The molecule has 4 atom stereocenters. The Morgan fingerprint density at radius 1 is 1.03 bits per heavy atom. The van der Waals surface area contributed by atoms with Crippen molar-refractivity contribution in [3.05, 3.63) is 23.7 Å². The third kappa shape index (κ3) is 4.21. The molecule has 2 aromatic rings. The molecule has 0 bridgehead atoms. The van der Waals surface area contributed by atoms with E-state index in [4.69, 9.17) is 24.6 Å². The van der Waals surface area contributed by atoms with Crippen molar-refractivity contribution in [1.29, 1.82) is 0 Å². The highest BCUT2D eigenvalue weighted by atomic mass is 35.5. The van der Waals surface area contributed by atoms with Gasteiger partial charge < -0.3 is 22.6 Å². The Morgan fingerprint density at radius 3 is 2.24 bits per heavy atom. The van der Waals surface area contributed by atoms with Crippen molar-refractivity contribution < 1.29 is 18.1 Å². The minimum atomic E-state index is -2.78. The van der Waals surface area contributed by atoms with Crippen LogP contribution >= 0.6 is 23.4 Å². The quantitative estimate of drug-likeness (QED) is 0.365. The van der Waals surface area contributed by atoms with E-state index in [0.717, 1.165) is 5.39 Å². The van der Waals surface area contributed by atoms with Gasteiger partial charge in [0.15, 0.2) is 0 Å². The molecule has 7 nitrogen and oxygen atoms in total. The molecule has 0 unspecified atom stereocenters. The number of fused-ring (bicyclic) bond motifs is 2. The van der Waals surface area contributed by atoms with E-state index in [2.05, 4.69) is 65.4 Å². The topological polar surface area (TPSA) is 78.6 Å². The minimum absolute atomic E-state index is 0.00703. The van der Waals surface area contributed by atoms with Gasteiger partial charge in [-0.2, -0.15) is 0 Å². The molecule has 34 heavy (non-hydrogen) atoms. The minimum Gasteiger partial charge on any atom is -0.414 e. The monoisotopic (exact) mass is 543 g/mol. The van der Waals surface area contributed by atoms with Gasteiger partial charge in [0.1, 0.15) is 28.6 Å². The molecule has 0 aliphatic carbocycles. The molecule has 11 heteroatoms. The van der Waals surface area contributed by atoms with Crippen molar-refractivity contribution in [2.45, 2.75) is 100 Å². The first-order chi connectivity index (χ1) is 15.9. The van der Waals surface area contributed by atoms with Gasteiger partial charge in [-0.1, -0.05) is 67.0 Å². The van der Waals surface area contributed by atoms with Gasteiger partial charge in [0.25, 0.3) is 0 Å². The van der Waals surface area contributed by atoms with E-state index < -0.39 is 23.2 Å². The van der Waals surface area contributed by atoms with E-state index in [-0.39, 0.29) is 38.9 Å². The Morgan fingerprint density at radius 2 is 1.65 bits per heavy atom. The molecular formula is C23H38ClN3O4SSi2. The average Bonchev–Trinajstić information content (AvgIpc) is 3.29. The molecule has 0 spiro atoms. The van der Waals surface area contributed by atoms with Crippen molar-refractivity contribution in [1.82, 2.24) is 14.5 Å². The van der Waals surface area contributed by atoms with E-state index in [9.17, 15) is 5.11 Å². The lowest BCUT2D eigenvalue weighted by Gasteiger charge is -2.51. The Balaban J connectivity index is 1.77. The smallest absolute Gasteiger partial charge is 0.335 e. The SMILES string of the molecule is CC(C)[Si]1(C(C)C)OC[C@H]2S[C@@H](n3ccc4c(Cl)ncnc43)[C@@H](O)[C@@H]2O[Si](C(C)C)(C(C)C)O1. The number of nitrogens with zero attached hydrogens (tertiary/aromatic N) is 3. The van der Waals surface area contributed by atoms with E-state index in [1.54, 1.807) is 11.8 Å². The lowest BCUT2D eigenvalue weighted by Crippen LogP contribution is -2.65. The van der Waals surface area contributed by atoms with Crippen LogP contribution in [0.5, 0.6) is 0 Å². The molecular weight excluding hydrogens is 506 g/mol. The second kappa shape index (κ2) is 9.77. The number of aliphatic hydroxyl groups excluding tert-OH is 1. The van der Waals surface area contributed by atoms with Gasteiger partial charge in [0.05, 0.1) is 23.3 Å². The third-order valence-electron chi connectivity index (χ3n) is 7.38. The molecule has 2 saturated heterocycles. The normalized spacial score (nSPS) is 29.2. The Bertz CT molecular complexity index is 1010. The predicted molar refractivity (Wildman–Crippen MR) is 143 cm³/mol. The summed E-state index contributed by atoms with van der Waals surface area (Å²) in [5.41, 5.74) is 1.73. The Labute approximate surface area is 214 Å². The van der Waals surface area contributed by atoms with Crippen LogP contribution in [0.4, 0.5) is 0 Å². The summed E-state index contributed by atoms with van der Waals surface area (Å²) >= 11 is 7.99. The van der Waals surface area contributed by atoms with Crippen LogP contribution in [-0.2, 0) is 13.0 Å². The largest absolute Gasteiger partial charge is 0.414 e. The summed E-state index contributed by atoms with van der Waals surface area (Å²) in [4.78, 5) is 8.54. The lowest BCUT2D eigenvalue weighted by molar-refractivity contribution is -0.00826. The summed E-state index contributed by atoms with van der Waals surface area (Å²) in [6, 6.07) is 1.91. The summed E-state index contributed by atoms with van der Waals surface area (Å²) in [6.45, 7) is 18.2. The van der Waals surface area contributed by atoms with Crippen LogP contribution in [0.3, 0.4) is 0 Å². The van der Waals surface area contributed by atoms with E-state index in [1.807, 2.05) is 16.8 Å². The molecule has 4 rings (SSSR count). The van der Waals surface area contributed by atoms with Gasteiger partial charge in [-0.3, -0.25) is 0 Å². The fraction of sp³-hybridized carbons (Fsp3) is 0.739. The summed E-state index contributed by atoms with van der Waals surface area (Å²) < 4.78 is 23.2. The summed E-state index contributed by atoms with van der Waals surface area (Å²) in [5, 5.41) is 12.5. The van der Waals surface area contributed by atoms with Crippen LogP contribution in [0.1, 0.15) is 60.8 Å². The standard InChI is InChI=1S/C23H38ClN3O4SSi2/c1-13(2)33(14(3)4)29-11-18-20(30-34(31-33,15(5)6)16(7)8)19(28)23(32-18)27-10-9-17-21(24)25-12-26-22(17)27/h9-10,12-16,18-20,23,28H,11H2,1-8H3/t18-,19+,20-,23-/m1/s1. The molecule has 2 aliphatic heterocycles. The fourth-order valence-electron chi connectivity index (χ4n) is 5.51. The van der Waals surface area contributed by atoms with E-state index in [0.29, 0.717) is 17.4 Å². The molecule has 2 aromatic heterocycles. The summed E-state index contributed by atoms with van der Waals surface area (Å²) in [7, 11) is -5.38. The number of rotatable bonds is 5. The average molecular weight is 544 g/mol. The molecule has 0 radical (unpaired) electrons. The van der Waals surface area contributed by atoms with Gasteiger partial charge in [0.2, 0.25) is 0 Å². The van der Waals surface area contributed by atoms with Crippen LogP contribution in [0, 0.1) is 0 Å². The Hall–Kier alpha value is -0.466. The van der Waals surface area contributed by atoms with Crippen LogP contribution < -0.4 is 0 Å². The van der Waals surface area contributed by atoms with Crippen LogP contribution in [0.2, 0.25) is 27.3 Å². The van der Waals surface area contributed by atoms with E-state index >= 15 is 0 Å². The van der Waals surface area contributed by atoms with Gasteiger partial charge >= 0.3 is 17.1 Å². The molecule has 0 saturated carbocycles. The number of hydrogen-bond donors (Lipinski definition) is 1. The van der Waals surface area contributed by atoms with Crippen molar-refractivity contribution in [2.75, 3.05) is 6.61 Å². The molecule has 190 valence electrons. The van der Waals surface area contributed by atoms with Gasteiger partial charge in [-0.15, -0.1) is 11.8 Å². The van der Waals surface area contributed by atoms with Crippen molar-refractivity contribution in [3.63, 3.8) is 0 Å². The second-order valence-corrected chi connectivity index (χ2v) is 21.3. The van der Waals surface area contributed by atoms with E-state index in [1.165, 1.54) is 6.33 Å². The van der Waals surface area contributed by atoms with Crippen LogP contribution in [-0.4, -0.2) is 60.8 Å². The fourth-order valence-corrected chi connectivity index (χ4v) is 18.7. The summed E-state index contributed by atoms with van der Waals surface area (Å²) in [5.74, 6) is 0. The van der Waals surface area contributed by atoms with Crippen molar-refractivity contribution >= 4 is 51.5 Å². The first-order valence-electron chi connectivity index (χ1n) is 12.3. The molecule has 4 heterocycles. The van der Waals surface area contributed by atoms with Crippen molar-refractivity contribution in [3.8, 4) is 0 Å². The maximum Gasteiger partial charge on any atom is 0.335 e. The highest BCUT2D eigenvalue weighted by molar-refractivity contribution is 8.00. The Kier molecular flexibility index (Phi) is 7.64. The van der Waals surface area contributed by atoms with Gasteiger partial charge in [-0.25, -0.2) is 9.97 Å². The zero-order valence-electron chi connectivity index (χ0n) is 21.4. The third-order valence-corrected chi connectivity index (χ3v) is 19.5. The maximum absolute atomic E-state index is 11.6. The predicted octanol–water partition coefficient (Wildman–Crippen LogP) is 6.02. The highest BCUT2D eigenvalue weighted by Crippen LogP contribution is 2.52. The summed E-state index contributed by atoms with van der Waals surface area (Å²) in [6.07, 6.45) is 2.28. The van der Waals surface area contributed by atoms with Crippen LogP contribution in [0.25, 0.3) is 11.0 Å². The zero-order valence-corrected chi connectivity index (χ0v) is 24.9. The lowest BCUT2D eigenvalue weighted by atomic mass is 10.1. The molecule has 1 N–H and O–H groups in total. The zero-order chi connectivity index (χ0) is 25.0. The number of hydrogen-bond acceptors (Lipinski definition) is 7. The highest BCUT2D eigenvalue weighted by Gasteiger charge is 2.61. The van der Waals surface area contributed by atoms with Gasteiger partial charge in [-0.05, 0) is 28.2 Å². The molecule has 2 fully saturated rings.